The molecule has 1 aromatic heterocycles. The number of nitrogens with one attached hydrogen (secondary N) is 1. The lowest BCUT2D eigenvalue weighted by Gasteiger charge is -2.28. The second-order valence-corrected chi connectivity index (χ2v) is 10.3. The zero-order valence-corrected chi connectivity index (χ0v) is 22.0. The van der Waals surface area contributed by atoms with Crippen LogP contribution in [0.3, 0.4) is 0 Å². The van der Waals surface area contributed by atoms with Gasteiger partial charge in [0.25, 0.3) is 11.8 Å². The largest absolute Gasteiger partial charge is 0.467 e. The fraction of sp³-hybridized carbons (Fsp3) is 0.207. The maximum Gasteiger partial charge on any atom is 0.328 e. The second kappa shape index (κ2) is 10.5. The monoisotopic (exact) mass is 526 g/mol. The number of aromatic nitrogens is 2. The Kier molecular flexibility index (Phi) is 7.02. The van der Waals surface area contributed by atoms with Crippen LogP contribution >= 0.6 is 11.3 Å². The summed E-state index contributed by atoms with van der Waals surface area (Å²) in [6.07, 6.45) is 0. The molecule has 0 saturated carbocycles. The maximum atomic E-state index is 13.2. The number of nitrogens with zero attached hydrogens (tertiary/aromatic N) is 3. The van der Waals surface area contributed by atoms with Gasteiger partial charge in [-0.2, -0.15) is 0 Å². The Balaban J connectivity index is 1.29. The number of carbonyl (C=O) groups excluding carboxylic acids is 3. The summed E-state index contributed by atoms with van der Waals surface area (Å²) in [7, 11) is 1.34. The van der Waals surface area contributed by atoms with Crippen molar-refractivity contribution in [3.8, 4) is 21.7 Å². The van der Waals surface area contributed by atoms with E-state index in [1.807, 2.05) is 74.5 Å². The molecule has 5 rings (SSSR count). The molecule has 0 unspecified atom stereocenters. The zero-order valence-electron chi connectivity index (χ0n) is 21.2. The third-order valence-electron chi connectivity index (χ3n) is 6.47. The highest BCUT2D eigenvalue weighted by Gasteiger charge is 2.38. The van der Waals surface area contributed by atoms with E-state index in [1.54, 1.807) is 17.0 Å². The summed E-state index contributed by atoms with van der Waals surface area (Å²) < 4.78 is 4.95. The van der Waals surface area contributed by atoms with Crippen LogP contribution in [0.15, 0.2) is 72.8 Å². The SMILES string of the molecule is COC(=O)[C@H](C(C)C)N1Cc2ccc(-c3ccc(NC(=O)c4nnc(-c5ccccc5)s4)cc3)cc2C1=O. The van der Waals surface area contributed by atoms with Crippen LogP contribution < -0.4 is 5.32 Å². The summed E-state index contributed by atoms with van der Waals surface area (Å²) >= 11 is 1.23. The number of amides is 2. The van der Waals surface area contributed by atoms with Gasteiger partial charge in [-0.05, 0) is 40.8 Å². The number of hydrogen-bond acceptors (Lipinski definition) is 7. The lowest BCUT2D eigenvalue weighted by molar-refractivity contribution is -0.147. The molecule has 2 heterocycles. The number of carbonyl (C=O) groups is 3. The fourth-order valence-corrected chi connectivity index (χ4v) is 5.29. The van der Waals surface area contributed by atoms with E-state index < -0.39 is 12.0 Å². The van der Waals surface area contributed by atoms with Crippen molar-refractivity contribution >= 4 is 34.8 Å². The molecular weight excluding hydrogens is 500 g/mol. The summed E-state index contributed by atoms with van der Waals surface area (Å²) in [5.41, 5.74) is 4.76. The number of ether oxygens (including phenoxy) is 1. The zero-order chi connectivity index (χ0) is 26.8. The Labute approximate surface area is 224 Å². The standard InChI is InChI=1S/C29H26N4O4S/c1-17(2)24(29(36)37-3)33-16-21-10-9-20(15-23(21)28(33)35)18-11-13-22(14-12-18)30-25(34)27-32-31-26(38-27)19-7-5-4-6-8-19/h4-15,17,24H,16H2,1-3H3,(H,30,34)/t24-/m0/s1. The molecule has 0 saturated heterocycles. The molecule has 8 nitrogen and oxygen atoms in total. The number of hydrogen-bond donors (Lipinski definition) is 1. The van der Waals surface area contributed by atoms with Crippen LogP contribution in [-0.2, 0) is 16.1 Å². The normalized spacial score (nSPS) is 13.4. The van der Waals surface area contributed by atoms with E-state index in [0.717, 1.165) is 22.3 Å². The van der Waals surface area contributed by atoms with Crippen LogP contribution in [0.25, 0.3) is 21.7 Å². The van der Waals surface area contributed by atoms with Crippen molar-refractivity contribution < 1.29 is 19.1 Å². The molecule has 3 aromatic carbocycles. The Morgan fingerprint density at radius 3 is 2.34 bits per heavy atom. The molecule has 0 spiro atoms. The highest BCUT2D eigenvalue weighted by molar-refractivity contribution is 7.16. The first-order chi connectivity index (χ1) is 18.4. The molecule has 38 heavy (non-hydrogen) atoms. The van der Waals surface area contributed by atoms with E-state index >= 15 is 0 Å². The van der Waals surface area contributed by atoms with Crippen LogP contribution in [0.5, 0.6) is 0 Å². The van der Waals surface area contributed by atoms with Gasteiger partial charge >= 0.3 is 5.97 Å². The van der Waals surface area contributed by atoms with Crippen molar-refractivity contribution in [2.45, 2.75) is 26.4 Å². The topological polar surface area (TPSA) is 101 Å². The molecule has 0 fully saturated rings. The Hall–Kier alpha value is -4.37. The third kappa shape index (κ3) is 4.92. The van der Waals surface area contributed by atoms with Crippen molar-refractivity contribution in [3.63, 3.8) is 0 Å². The first-order valence-electron chi connectivity index (χ1n) is 12.2. The highest BCUT2D eigenvalue weighted by atomic mass is 32.1. The first-order valence-corrected chi connectivity index (χ1v) is 13.0. The van der Waals surface area contributed by atoms with Gasteiger partial charge in [-0.3, -0.25) is 9.59 Å². The molecule has 1 atom stereocenters. The quantitative estimate of drug-likeness (QED) is 0.329. The Morgan fingerprint density at radius 2 is 1.66 bits per heavy atom. The number of esters is 1. The van der Waals surface area contributed by atoms with Gasteiger partial charge in [0.15, 0.2) is 0 Å². The lowest BCUT2D eigenvalue weighted by atomic mass is 10.00. The van der Waals surface area contributed by atoms with Gasteiger partial charge < -0.3 is 15.0 Å². The number of rotatable bonds is 7. The average Bonchev–Trinajstić information content (AvgIpc) is 3.55. The first kappa shape index (κ1) is 25.3. The molecule has 4 aromatic rings. The summed E-state index contributed by atoms with van der Waals surface area (Å²) in [6, 6.07) is 22.1. The van der Waals surface area contributed by atoms with Crippen LogP contribution in [0.1, 0.15) is 39.6 Å². The maximum absolute atomic E-state index is 13.2. The van der Waals surface area contributed by atoms with Crippen molar-refractivity contribution in [3.05, 3.63) is 88.9 Å². The molecule has 1 aliphatic rings. The van der Waals surface area contributed by atoms with Crippen LogP contribution in [0.4, 0.5) is 5.69 Å². The van der Waals surface area contributed by atoms with E-state index in [-0.39, 0.29) is 22.7 Å². The van der Waals surface area contributed by atoms with E-state index in [2.05, 4.69) is 15.5 Å². The van der Waals surface area contributed by atoms with Gasteiger partial charge in [0.2, 0.25) is 5.01 Å². The predicted octanol–water partition coefficient (Wildman–Crippen LogP) is 5.28. The number of anilines is 1. The van der Waals surface area contributed by atoms with Crippen LogP contribution in [-0.4, -0.2) is 46.0 Å². The highest BCUT2D eigenvalue weighted by Crippen LogP contribution is 2.32. The van der Waals surface area contributed by atoms with E-state index in [4.69, 9.17) is 4.74 Å². The minimum absolute atomic E-state index is 0.0759. The van der Waals surface area contributed by atoms with Crippen molar-refractivity contribution in [2.24, 2.45) is 5.92 Å². The van der Waals surface area contributed by atoms with Crippen molar-refractivity contribution in [2.75, 3.05) is 12.4 Å². The molecule has 192 valence electrons. The minimum atomic E-state index is -0.636. The smallest absolute Gasteiger partial charge is 0.328 e. The minimum Gasteiger partial charge on any atom is -0.467 e. The fourth-order valence-electron chi connectivity index (χ4n) is 4.55. The molecule has 2 amide bonds. The molecular formula is C29H26N4O4S. The van der Waals surface area contributed by atoms with E-state index in [1.165, 1.54) is 18.4 Å². The summed E-state index contributed by atoms with van der Waals surface area (Å²) in [5.74, 6) is -0.996. The molecule has 0 radical (unpaired) electrons. The van der Waals surface area contributed by atoms with Crippen molar-refractivity contribution in [1.82, 2.24) is 15.1 Å². The Morgan fingerprint density at radius 1 is 0.947 bits per heavy atom. The summed E-state index contributed by atoms with van der Waals surface area (Å²) in [5, 5.41) is 12.0. The van der Waals surface area contributed by atoms with Gasteiger partial charge in [0, 0.05) is 23.4 Å². The number of benzene rings is 3. The lowest BCUT2D eigenvalue weighted by Crippen LogP contribution is -2.45. The summed E-state index contributed by atoms with van der Waals surface area (Å²) in [4.78, 5) is 39.8. The number of fused-ring (bicyclic) bond motifs is 1. The average molecular weight is 527 g/mol. The molecule has 9 heteroatoms. The number of methoxy groups -OCH3 is 1. The predicted molar refractivity (Wildman–Crippen MR) is 146 cm³/mol. The van der Waals surface area contributed by atoms with Gasteiger partial charge in [-0.1, -0.05) is 79.8 Å². The van der Waals surface area contributed by atoms with Gasteiger partial charge in [-0.25, -0.2) is 4.79 Å². The molecule has 0 bridgehead atoms. The summed E-state index contributed by atoms with van der Waals surface area (Å²) in [6.45, 7) is 4.17. The molecule has 0 aliphatic carbocycles. The molecule has 1 aliphatic heterocycles. The van der Waals surface area contributed by atoms with E-state index in [0.29, 0.717) is 22.8 Å². The van der Waals surface area contributed by atoms with Crippen LogP contribution in [0.2, 0.25) is 0 Å². The molecule has 1 N–H and O–H groups in total. The van der Waals surface area contributed by atoms with Gasteiger partial charge in [0.1, 0.15) is 11.0 Å². The second-order valence-electron chi connectivity index (χ2n) is 9.33. The Bertz CT molecular complexity index is 1500. The van der Waals surface area contributed by atoms with Crippen LogP contribution in [0, 0.1) is 5.92 Å². The van der Waals surface area contributed by atoms with Gasteiger partial charge in [0.05, 0.1) is 7.11 Å². The third-order valence-corrected chi connectivity index (χ3v) is 7.44. The van der Waals surface area contributed by atoms with Gasteiger partial charge in [-0.15, -0.1) is 10.2 Å². The van der Waals surface area contributed by atoms with Crippen molar-refractivity contribution in [1.29, 1.82) is 0 Å². The van der Waals surface area contributed by atoms with E-state index in [9.17, 15) is 14.4 Å².